The van der Waals surface area contributed by atoms with E-state index in [0.29, 0.717) is 19.5 Å². The molecule has 0 aromatic heterocycles. The maximum Gasteiger partial charge on any atom is 0.227 e. The molecule has 0 unspecified atom stereocenters. The molecular weight excluding hydrogens is 443 g/mol. The van der Waals surface area contributed by atoms with Crippen LogP contribution >= 0.6 is 15.9 Å². The zero-order chi connectivity index (χ0) is 20.9. The molecule has 0 bridgehead atoms. The van der Waals surface area contributed by atoms with E-state index in [0.717, 1.165) is 23.1 Å². The SMILES string of the molecule is O=C(Cc1ccc(F)cc1)N1CCN([C@@H](c2ccccc2)c2ccc(Br)cc2)CC1. The van der Waals surface area contributed by atoms with E-state index in [9.17, 15) is 9.18 Å². The van der Waals surface area contributed by atoms with E-state index in [1.165, 1.54) is 23.3 Å². The van der Waals surface area contributed by atoms with E-state index < -0.39 is 0 Å². The van der Waals surface area contributed by atoms with E-state index in [1.807, 2.05) is 11.0 Å². The number of nitrogens with zero attached hydrogens (tertiary/aromatic N) is 2. The van der Waals surface area contributed by atoms with Crippen molar-refractivity contribution in [3.05, 3.63) is 106 Å². The molecule has 3 aromatic carbocycles. The van der Waals surface area contributed by atoms with Gasteiger partial charge >= 0.3 is 0 Å². The molecule has 4 rings (SSSR count). The van der Waals surface area contributed by atoms with Gasteiger partial charge in [0, 0.05) is 30.7 Å². The van der Waals surface area contributed by atoms with E-state index in [4.69, 9.17) is 0 Å². The summed E-state index contributed by atoms with van der Waals surface area (Å²) < 4.78 is 14.2. The maximum absolute atomic E-state index is 13.1. The molecule has 1 atom stereocenters. The summed E-state index contributed by atoms with van der Waals surface area (Å²) in [6.07, 6.45) is 0.315. The van der Waals surface area contributed by atoms with Gasteiger partial charge in [-0.2, -0.15) is 0 Å². The van der Waals surface area contributed by atoms with Gasteiger partial charge in [0.25, 0.3) is 0 Å². The molecule has 1 fully saturated rings. The first-order valence-corrected chi connectivity index (χ1v) is 11.0. The first-order valence-electron chi connectivity index (χ1n) is 10.2. The van der Waals surface area contributed by atoms with E-state index in [2.05, 4.69) is 69.4 Å². The summed E-state index contributed by atoms with van der Waals surface area (Å²) in [5, 5.41) is 0. The number of benzene rings is 3. The second-order valence-corrected chi connectivity index (χ2v) is 8.50. The lowest BCUT2D eigenvalue weighted by molar-refractivity contribution is -0.132. The molecule has 1 amide bonds. The van der Waals surface area contributed by atoms with Crippen molar-refractivity contribution < 1.29 is 9.18 Å². The molecule has 0 spiro atoms. The van der Waals surface area contributed by atoms with Crippen LogP contribution in [-0.4, -0.2) is 41.9 Å². The minimum absolute atomic E-state index is 0.0983. The maximum atomic E-state index is 13.1. The molecule has 154 valence electrons. The minimum Gasteiger partial charge on any atom is -0.340 e. The molecule has 0 radical (unpaired) electrons. The zero-order valence-electron chi connectivity index (χ0n) is 16.7. The van der Waals surface area contributed by atoms with Crippen LogP contribution in [0, 0.1) is 5.82 Å². The minimum atomic E-state index is -0.278. The van der Waals surface area contributed by atoms with Gasteiger partial charge in [0.2, 0.25) is 5.91 Å². The molecule has 0 aliphatic carbocycles. The molecule has 0 saturated carbocycles. The topological polar surface area (TPSA) is 23.6 Å². The predicted octanol–water partition coefficient (Wildman–Crippen LogP) is 5.06. The normalized spacial score (nSPS) is 15.7. The Balaban J connectivity index is 1.45. The van der Waals surface area contributed by atoms with Gasteiger partial charge < -0.3 is 4.90 Å². The van der Waals surface area contributed by atoms with Crippen molar-refractivity contribution in [3.8, 4) is 0 Å². The van der Waals surface area contributed by atoms with Gasteiger partial charge in [0.1, 0.15) is 5.82 Å². The number of carbonyl (C=O) groups is 1. The Labute approximate surface area is 185 Å². The Morgan fingerprint density at radius 1 is 0.833 bits per heavy atom. The van der Waals surface area contributed by atoms with Crippen LogP contribution in [-0.2, 0) is 11.2 Å². The van der Waals surface area contributed by atoms with Crippen molar-refractivity contribution in [1.82, 2.24) is 9.80 Å². The number of piperazine rings is 1. The van der Waals surface area contributed by atoms with Crippen LogP contribution in [0.3, 0.4) is 0 Å². The Morgan fingerprint density at radius 3 is 2.07 bits per heavy atom. The fraction of sp³-hybridized carbons (Fsp3) is 0.240. The van der Waals surface area contributed by atoms with E-state index in [-0.39, 0.29) is 17.8 Å². The van der Waals surface area contributed by atoms with Gasteiger partial charge in [-0.15, -0.1) is 0 Å². The van der Waals surface area contributed by atoms with Crippen molar-refractivity contribution in [1.29, 1.82) is 0 Å². The summed E-state index contributed by atoms with van der Waals surface area (Å²) in [4.78, 5) is 17.1. The largest absolute Gasteiger partial charge is 0.340 e. The third-order valence-corrected chi connectivity index (χ3v) is 6.13. The Hall–Kier alpha value is -2.50. The van der Waals surface area contributed by atoms with Crippen LogP contribution < -0.4 is 0 Å². The van der Waals surface area contributed by atoms with Gasteiger partial charge in [-0.25, -0.2) is 4.39 Å². The van der Waals surface area contributed by atoms with E-state index >= 15 is 0 Å². The zero-order valence-corrected chi connectivity index (χ0v) is 18.3. The first-order chi connectivity index (χ1) is 14.6. The van der Waals surface area contributed by atoms with Gasteiger partial charge in [-0.1, -0.05) is 70.5 Å². The molecule has 3 nitrogen and oxygen atoms in total. The quantitative estimate of drug-likeness (QED) is 0.524. The molecule has 1 heterocycles. The van der Waals surface area contributed by atoms with Crippen molar-refractivity contribution in [3.63, 3.8) is 0 Å². The van der Waals surface area contributed by atoms with Gasteiger partial charge in [-0.05, 0) is 41.0 Å². The summed E-state index contributed by atoms with van der Waals surface area (Å²) in [5.74, 6) is -0.180. The Kier molecular flexibility index (Phi) is 6.60. The van der Waals surface area contributed by atoms with Crippen molar-refractivity contribution in [2.75, 3.05) is 26.2 Å². The molecule has 3 aromatic rings. The molecule has 0 N–H and O–H groups in total. The molecule has 30 heavy (non-hydrogen) atoms. The summed E-state index contributed by atoms with van der Waals surface area (Å²) >= 11 is 3.52. The van der Waals surface area contributed by atoms with Crippen molar-refractivity contribution in [2.45, 2.75) is 12.5 Å². The number of carbonyl (C=O) groups excluding carboxylic acids is 1. The predicted molar refractivity (Wildman–Crippen MR) is 121 cm³/mol. The average molecular weight is 467 g/mol. The van der Waals surface area contributed by atoms with Crippen LogP contribution in [0.4, 0.5) is 4.39 Å². The Morgan fingerprint density at radius 2 is 1.43 bits per heavy atom. The second kappa shape index (κ2) is 9.54. The summed E-state index contributed by atoms with van der Waals surface area (Å²) in [6, 6.07) is 25.3. The third kappa shape index (κ3) is 4.97. The highest BCUT2D eigenvalue weighted by Crippen LogP contribution is 2.30. The number of halogens is 2. The number of amides is 1. The number of rotatable bonds is 5. The van der Waals surface area contributed by atoms with Gasteiger partial charge in [0.05, 0.1) is 12.5 Å². The van der Waals surface area contributed by atoms with Gasteiger partial charge in [0.15, 0.2) is 0 Å². The van der Waals surface area contributed by atoms with Crippen molar-refractivity contribution >= 4 is 21.8 Å². The first kappa shape index (κ1) is 20.8. The standard InChI is InChI=1S/C25H24BrFN2O/c26-22-10-8-21(9-11-22)25(20-4-2-1-3-5-20)29-16-14-28(15-17-29)24(30)18-19-6-12-23(27)13-7-19/h1-13,25H,14-18H2/t25-/m0/s1. The summed E-state index contributed by atoms with van der Waals surface area (Å²) in [6.45, 7) is 3.01. The van der Waals surface area contributed by atoms with Gasteiger partial charge in [-0.3, -0.25) is 9.69 Å². The Bertz CT molecular complexity index is 968. The lowest BCUT2D eigenvalue weighted by atomic mass is 9.96. The average Bonchev–Trinajstić information content (AvgIpc) is 2.78. The van der Waals surface area contributed by atoms with Crippen LogP contribution in [0.1, 0.15) is 22.7 Å². The molecule has 5 heteroatoms. The fourth-order valence-corrected chi connectivity index (χ4v) is 4.28. The van der Waals surface area contributed by atoms with Crippen LogP contribution in [0.2, 0.25) is 0 Å². The smallest absolute Gasteiger partial charge is 0.227 e. The van der Waals surface area contributed by atoms with E-state index in [1.54, 1.807) is 12.1 Å². The van der Waals surface area contributed by atoms with Crippen LogP contribution in [0.25, 0.3) is 0 Å². The third-order valence-electron chi connectivity index (χ3n) is 5.60. The lowest BCUT2D eigenvalue weighted by Gasteiger charge is -2.40. The molecule has 1 aliphatic rings. The fourth-order valence-electron chi connectivity index (χ4n) is 4.01. The lowest BCUT2D eigenvalue weighted by Crippen LogP contribution is -2.50. The number of hydrogen-bond donors (Lipinski definition) is 0. The highest BCUT2D eigenvalue weighted by atomic mass is 79.9. The number of hydrogen-bond acceptors (Lipinski definition) is 2. The highest BCUT2D eigenvalue weighted by molar-refractivity contribution is 9.10. The summed E-state index contributed by atoms with van der Waals surface area (Å²) in [7, 11) is 0. The monoisotopic (exact) mass is 466 g/mol. The molecule has 1 saturated heterocycles. The highest BCUT2D eigenvalue weighted by Gasteiger charge is 2.28. The molecular formula is C25H24BrFN2O. The van der Waals surface area contributed by atoms with Crippen LogP contribution in [0.5, 0.6) is 0 Å². The van der Waals surface area contributed by atoms with Crippen molar-refractivity contribution in [2.24, 2.45) is 0 Å². The second-order valence-electron chi connectivity index (χ2n) is 7.58. The summed E-state index contributed by atoms with van der Waals surface area (Å²) in [5.41, 5.74) is 3.35. The molecule has 1 aliphatic heterocycles. The van der Waals surface area contributed by atoms with Crippen LogP contribution in [0.15, 0.2) is 83.3 Å².